The van der Waals surface area contributed by atoms with Crippen molar-refractivity contribution in [1.82, 2.24) is 10.2 Å². The van der Waals surface area contributed by atoms with E-state index in [-0.39, 0.29) is 11.8 Å². The fraction of sp³-hybridized carbons (Fsp3) is 0.818. The number of likely N-dealkylation sites (tertiary alicyclic amines) is 1. The summed E-state index contributed by atoms with van der Waals surface area (Å²) >= 11 is 0. The van der Waals surface area contributed by atoms with E-state index in [9.17, 15) is 9.59 Å². The second kappa shape index (κ2) is 4.82. The van der Waals surface area contributed by atoms with Crippen molar-refractivity contribution in [1.29, 1.82) is 0 Å². The minimum absolute atomic E-state index is 0.0289. The first-order valence-electron chi connectivity index (χ1n) is 5.94. The van der Waals surface area contributed by atoms with E-state index in [4.69, 9.17) is 5.11 Å². The molecule has 0 spiro atoms. The molecule has 0 aromatic heterocycles. The van der Waals surface area contributed by atoms with Gasteiger partial charge in [-0.15, -0.1) is 0 Å². The molecule has 0 bridgehead atoms. The van der Waals surface area contributed by atoms with Crippen LogP contribution in [0.1, 0.15) is 25.7 Å². The van der Waals surface area contributed by atoms with Gasteiger partial charge in [0.2, 0.25) is 5.91 Å². The topological polar surface area (TPSA) is 69.6 Å². The Kier molecular flexibility index (Phi) is 3.43. The summed E-state index contributed by atoms with van der Waals surface area (Å²) in [4.78, 5) is 24.7. The van der Waals surface area contributed by atoms with E-state index in [2.05, 4.69) is 5.32 Å². The Morgan fingerprint density at radius 3 is 2.50 bits per heavy atom. The Bertz CT molecular complexity index is 287. The molecule has 2 aliphatic rings. The van der Waals surface area contributed by atoms with Crippen molar-refractivity contribution < 1.29 is 14.7 Å². The van der Waals surface area contributed by atoms with Gasteiger partial charge in [0.05, 0.1) is 0 Å². The number of carbonyl (C=O) groups is 2. The molecule has 0 aromatic rings. The number of hydrogen-bond donors (Lipinski definition) is 2. The zero-order valence-electron chi connectivity index (χ0n) is 9.32. The highest BCUT2D eigenvalue weighted by molar-refractivity contribution is 5.85. The minimum atomic E-state index is -0.861. The summed E-state index contributed by atoms with van der Waals surface area (Å²) < 4.78 is 0. The average molecular weight is 226 g/mol. The van der Waals surface area contributed by atoms with Crippen LogP contribution in [-0.2, 0) is 9.59 Å². The maximum absolute atomic E-state index is 12.2. The number of piperidine rings is 1. The molecule has 2 heterocycles. The van der Waals surface area contributed by atoms with Crippen LogP contribution in [0, 0.1) is 5.92 Å². The summed E-state index contributed by atoms with van der Waals surface area (Å²) in [7, 11) is 0. The molecule has 5 nitrogen and oxygen atoms in total. The van der Waals surface area contributed by atoms with Crippen LogP contribution in [0.15, 0.2) is 0 Å². The number of rotatable bonds is 2. The van der Waals surface area contributed by atoms with E-state index in [0.29, 0.717) is 13.0 Å². The summed E-state index contributed by atoms with van der Waals surface area (Å²) in [6.07, 6.45) is 3.09. The lowest BCUT2D eigenvalue weighted by molar-refractivity contribution is -0.150. The molecule has 1 atom stereocenters. The quantitative estimate of drug-likeness (QED) is 0.698. The number of amides is 1. The van der Waals surface area contributed by atoms with Crippen molar-refractivity contribution in [2.75, 3.05) is 19.6 Å². The lowest BCUT2D eigenvalue weighted by Crippen LogP contribution is -2.45. The van der Waals surface area contributed by atoms with E-state index >= 15 is 0 Å². The van der Waals surface area contributed by atoms with Crippen molar-refractivity contribution in [3.05, 3.63) is 0 Å². The maximum Gasteiger partial charge on any atom is 0.326 e. The van der Waals surface area contributed by atoms with Gasteiger partial charge in [-0.2, -0.15) is 0 Å². The van der Waals surface area contributed by atoms with Crippen LogP contribution in [0.5, 0.6) is 0 Å². The molecule has 0 radical (unpaired) electrons. The lowest BCUT2D eigenvalue weighted by Gasteiger charge is -2.29. The zero-order valence-corrected chi connectivity index (χ0v) is 9.32. The SMILES string of the molecule is O=C(O)[C@@H]1CCCN1C(=O)C1CCNCC1. The first-order chi connectivity index (χ1) is 7.70. The van der Waals surface area contributed by atoms with E-state index < -0.39 is 12.0 Å². The maximum atomic E-state index is 12.2. The number of hydrogen-bond acceptors (Lipinski definition) is 3. The molecule has 0 unspecified atom stereocenters. The third-order valence-electron chi connectivity index (χ3n) is 3.51. The molecule has 2 rings (SSSR count). The van der Waals surface area contributed by atoms with Gasteiger partial charge in [0, 0.05) is 12.5 Å². The van der Waals surface area contributed by atoms with Gasteiger partial charge in [0.25, 0.3) is 0 Å². The largest absolute Gasteiger partial charge is 0.480 e. The fourth-order valence-corrected chi connectivity index (χ4v) is 2.59. The van der Waals surface area contributed by atoms with E-state index in [1.54, 1.807) is 4.90 Å². The summed E-state index contributed by atoms with van der Waals surface area (Å²) in [5.74, 6) is -0.785. The Morgan fingerprint density at radius 1 is 1.19 bits per heavy atom. The van der Waals surface area contributed by atoms with Crippen LogP contribution in [0.4, 0.5) is 0 Å². The molecule has 0 aromatic carbocycles. The highest BCUT2D eigenvalue weighted by atomic mass is 16.4. The fourth-order valence-electron chi connectivity index (χ4n) is 2.59. The second-order valence-electron chi connectivity index (χ2n) is 4.55. The van der Waals surface area contributed by atoms with Crippen LogP contribution in [0.3, 0.4) is 0 Å². The van der Waals surface area contributed by atoms with Crippen molar-refractivity contribution >= 4 is 11.9 Å². The van der Waals surface area contributed by atoms with E-state index in [1.807, 2.05) is 0 Å². The molecule has 90 valence electrons. The second-order valence-corrected chi connectivity index (χ2v) is 4.55. The average Bonchev–Trinajstić information content (AvgIpc) is 2.78. The van der Waals surface area contributed by atoms with Crippen LogP contribution >= 0.6 is 0 Å². The van der Waals surface area contributed by atoms with Crippen LogP contribution in [0.25, 0.3) is 0 Å². The number of carbonyl (C=O) groups excluding carboxylic acids is 1. The molecule has 2 N–H and O–H groups in total. The third-order valence-corrected chi connectivity index (χ3v) is 3.51. The van der Waals surface area contributed by atoms with Gasteiger partial charge in [-0.25, -0.2) is 4.79 Å². The number of carboxylic acids is 1. The van der Waals surface area contributed by atoms with Gasteiger partial charge in [-0.05, 0) is 38.8 Å². The van der Waals surface area contributed by atoms with Crippen molar-refractivity contribution in [2.24, 2.45) is 5.92 Å². The number of nitrogens with zero attached hydrogens (tertiary/aromatic N) is 1. The van der Waals surface area contributed by atoms with Crippen molar-refractivity contribution in [2.45, 2.75) is 31.7 Å². The van der Waals surface area contributed by atoms with Crippen LogP contribution < -0.4 is 5.32 Å². The normalized spacial score (nSPS) is 27.0. The van der Waals surface area contributed by atoms with Crippen molar-refractivity contribution in [3.8, 4) is 0 Å². The molecule has 1 amide bonds. The molecule has 2 saturated heterocycles. The molecule has 0 saturated carbocycles. The summed E-state index contributed by atoms with van der Waals surface area (Å²) in [5.41, 5.74) is 0. The molecule has 16 heavy (non-hydrogen) atoms. The van der Waals surface area contributed by atoms with Gasteiger partial charge in [-0.1, -0.05) is 0 Å². The van der Waals surface area contributed by atoms with E-state index in [1.165, 1.54) is 0 Å². The number of aliphatic carboxylic acids is 1. The molecule has 2 fully saturated rings. The van der Waals surface area contributed by atoms with E-state index in [0.717, 1.165) is 32.4 Å². The van der Waals surface area contributed by atoms with Crippen LogP contribution in [0.2, 0.25) is 0 Å². The predicted octanol–water partition coefficient (Wildman–Crippen LogP) is 0.0616. The summed E-state index contributed by atoms with van der Waals surface area (Å²) in [5, 5.41) is 12.2. The first kappa shape index (κ1) is 11.4. The molecular formula is C11H18N2O3. The Morgan fingerprint density at radius 2 is 1.88 bits per heavy atom. The van der Waals surface area contributed by atoms with Crippen LogP contribution in [-0.4, -0.2) is 47.6 Å². The van der Waals surface area contributed by atoms with Gasteiger partial charge >= 0.3 is 5.97 Å². The van der Waals surface area contributed by atoms with Gasteiger partial charge < -0.3 is 15.3 Å². The highest BCUT2D eigenvalue weighted by Gasteiger charge is 2.37. The molecule has 5 heteroatoms. The summed E-state index contributed by atoms with van der Waals surface area (Å²) in [6.45, 7) is 2.34. The number of nitrogens with one attached hydrogen (secondary N) is 1. The first-order valence-corrected chi connectivity index (χ1v) is 5.94. The Balaban J connectivity index is 1.99. The summed E-state index contributed by atoms with van der Waals surface area (Å²) in [6, 6.07) is -0.581. The third kappa shape index (κ3) is 2.19. The lowest BCUT2D eigenvalue weighted by atomic mass is 9.96. The smallest absolute Gasteiger partial charge is 0.326 e. The highest BCUT2D eigenvalue weighted by Crippen LogP contribution is 2.23. The number of carboxylic acid groups (broad SMARTS) is 1. The zero-order chi connectivity index (χ0) is 11.5. The van der Waals surface area contributed by atoms with Gasteiger partial charge in [0.1, 0.15) is 6.04 Å². The van der Waals surface area contributed by atoms with Gasteiger partial charge in [-0.3, -0.25) is 4.79 Å². The van der Waals surface area contributed by atoms with Gasteiger partial charge in [0.15, 0.2) is 0 Å². The predicted molar refractivity (Wildman–Crippen MR) is 58.0 cm³/mol. The molecule has 2 aliphatic heterocycles. The standard InChI is InChI=1S/C11H18N2O3/c14-10(8-3-5-12-6-4-8)13-7-1-2-9(13)11(15)16/h8-9,12H,1-7H2,(H,15,16)/t9-/m0/s1. The molecular weight excluding hydrogens is 208 g/mol. The molecule has 0 aliphatic carbocycles. The Labute approximate surface area is 94.8 Å². The monoisotopic (exact) mass is 226 g/mol. The Hall–Kier alpha value is -1.10. The minimum Gasteiger partial charge on any atom is -0.480 e. The van der Waals surface area contributed by atoms with Crippen molar-refractivity contribution in [3.63, 3.8) is 0 Å².